The summed E-state index contributed by atoms with van der Waals surface area (Å²) in [7, 11) is 0. The Morgan fingerprint density at radius 3 is 2.50 bits per heavy atom. The van der Waals surface area contributed by atoms with Crippen molar-refractivity contribution < 1.29 is 0 Å². The van der Waals surface area contributed by atoms with E-state index in [0.29, 0.717) is 0 Å². The van der Waals surface area contributed by atoms with Gasteiger partial charge in [0.1, 0.15) is 0 Å². The molecular formula is C12H26N2. The van der Waals surface area contributed by atoms with Crippen LogP contribution in [0, 0.1) is 0 Å². The first-order valence-corrected chi connectivity index (χ1v) is 6.29. The molecule has 1 aliphatic rings. The zero-order chi connectivity index (χ0) is 10.2. The minimum absolute atomic E-state index is 0.800. The van der Waals surface area contributed by atoms with Gasteiger partial charge in [-0.2, -0.15) is 0 Å². The third-order valence-corrected chi connectivity index (χ3v) is 3.25. The third-order valence-electron chi connectivity index (χ3n) is 3.25. The molecule has 1 N–H and O–H groups in total. The molecule has 0 aliphatic carbocycles. The Balaban J connectivity index is 2.04. The topological polar surface area (TPSA) is 15.3 Å². The van der Waals surface area contributed by atoms with E-state index in [-0.39, 0.29) is 0 Å². The fourth-order valence-electron chi connectivity index (χ4n) is 2.17. The van der Waals surface area contributed by atoms with Crippen LogP contribution in [-0.2, 0) is 0 Å². The van der Waals surface area contributed by atoms with Crippen molar-refractivity contribution in [2.75, 3.05) is 26.2 Å². The lowest BCUT2D eigenvalue weighted by Crippen LogP contribution is -2.47. The monoisotopic (exact) mass is 198 g/mol. The van der Waals surface area contributed by atoms with E-state index >= 15 is 0 Å². The van der Waals surface area contributed by atoms with Crippen LogP contribution in [0.25, 0.3) is 0 Å². The maximum Gasteiger partial charge on any atom is 0.0110 e. The van der Waals surface area contributed by atoms with Crippen molar-refractivity contribution in [3.8, 4) is 0 Å². The summed E-state index contributed by atoms with van der Waals surface area (Å²) in [5.74, 6) is 0. The second kappa shape index (κ2) is 7.24. The van der Waals surface area contributed by atoms with Crippen molar-refractivity contribution in [2.24, 2.45) is 0 Å². The van der Waals surface area contributed by atoms with E-state index in [2.05, 4.69) is 24.1 Å². The smallest absolute Gasteiger partial charge is 0.0110 e. The number of nitrogens with one attached hydrogen (secondary N) is 1. The van der Waals surface area contributed by atoms with Crippen LogP contribution < -0.4 is 5.32 Å². The molecule has 1 saturated heterocycles. The largest absolute Gasteiger partial charge is 0.314 e. The molecule has 84 valence electrons. The Morgan fingerprint density at radius 1 is 1.14 bits per heavy atom. The van der Waals surface area contributed by atoms with Crippen LogP contribution in [0.3, 0.4) is 0 Å². The standard InChI is InChI=1S/C12H26N2/c1-3-4-5-6-7-12(2)14-10-8-13-9-11-14/h12-13H,3-11H2,1-2H3/t12-/m1/s1. The maximum absolute atomic E-state index is 3.40. The Kier molecular flexibility index (Phi) is 6.20. The van der Waals surface area contributed by atoms with E-state index in [1.165, 1.54) is 58.3 Å². The van der Waals surface area contributed by atoms with E-state index in [0.717, 1.165) is 6.04 Å². The molecule has 0 aromatic rings. The molecule has 0 bridgehead atoms. The average molecular weight is 198 g/mol. The van der Waals surface area contributed by atoms with Gasteiger partial charge in [0.2, 0.25) is 0 Å². The van der Waals surface area contributed by atoms with Gasteiger partial charge in [-0.3, -0.25) is 4.90 Å². The zero-order valence-electron chi connectivity index (χ0n) is 9.89. The molecule has 0 spiro atoms. The molecule has 0 amide bonds. The summed E-state index contributed by atoms with van der Waals surface area (Å²) < 4.78 is 0. The Hall–Kier alpha value is -0.0800. The number of unbranched alkanes of at least 4 members (excludes halogenated alkanes) is 3. The molecule has 1 atom stereocenters. The Labute approximate surface area is 89.1 Å². The number of hydrogen-bond donors (Lipinski definition) is 1. The van der Waals surface area contributed by atoms with Gasteiger partial charge in [-0.05, 0) is 13.3 Å². The summed E-state index contributed by atoms with van der Waals surface area (Å²) in [5.41, 5.74) is 0. The minimum atomic E-state index is 0.800. The first kappa shape index (κ1) is 12.0. The van der Waals surface area contributed by atoms with Crippen molar-refractivity contribution in [3.63, 3.8) is 0 Å². The van der Waals surface area contributed by atoms with Gasteiger partial charge in [0.05, 0.1) is 0 Å². The van der Waals surface area contributed by atoms with Crippen molar-refractivity contribution >= 4 is 0 Å². The molecule has 1 rings (SSSR count). The van der Waals surface area contributed by atoms with Gasteiger partial charge in [0, 0.05) is 32.2 Å². The highest BCUT2D eigenvalue weighted by molar-refractivity contribution is 4.73. The quantitative estimate of drug-likeness (QED) is 0.659. The van der Waals surface area contributed by atoms with E-state index in [1.807, 2.05) is 0 Å². The van der Waals surface area contributed by atoms with E-state index in [9.17, 15) is 0 Å². The lowest BCUT2D eigenvalue weighted by Gasteiger charge is -2.32. The van der Waals surface area contributed by atoms with Crippen LogP contribution in [0.5, 0.6) is 0 Å². The van der Waals surface area contributed by atoms with E-state index in [4.69, 9.17) is 0 Å². The second-order valence-electron chi connectivity index (χ2n) is 4.48. The van der Waals surface area contributed by atoms with Crippen molar-refractivity contribution in [2.45, 2.75) is 52.0 Å². The summed E-state index contributed by atoms with van der Waals surface area (Å²) in [5, 5.41) is 3.40. The molecule has 2 nitrogen and oxygen atoms in total. The van der Waals surface area contributed by atoms with Gasteiger partial charge in [0.25, 0.3) is 0 Å². The SMILES string of the molecule is CCCCCC[C@@H](C)N1CCNCC1. The molecule has 1 aliphatic heterocycles. The summed E-state index contributed by atoms with van der Waals surface area (Å²) in [4.78, 5) is 2.63. The number of rotatable bonds is 6. The molecular weight excluding hydrogens is 172 g/mol. The summed E-state index contributed by atoms with van der Waals surface area (Å²) in [6.07, 6.45) is 6.99. The molecule has 0 aromatic carbocycles. The van der Waals surface area contributed by atoms with Gasteiger partial charge in [-0.15, -0.1) is 0 Å². The third kappa shape index (κ3) is 4.43. The summed E-state index contributed by atoms with van der Waals surface area (Å²) in [6, 6.07) is 0.800. The van der Waals surface area contributed by atoms with Crippen molar-refractivity contribution in [3.05, 3.63) is 0 Å². The normalized spacial score (nSPS) is 21.0. The summed E-state index contributed by atoms with van der Waals surface area (Å²) in [6.45, 7) is 9.51. The van der Waals surface area contributed by atoms with Crippen LogP contribution in [0.2, 0.25) is 0 Å². The number of hydrogen-bond acceptors (Lipinski definition) is 2. The molecule has 0 radical (unpaired) electrons. The number of nitrogens with zero attached hydrogens (tertiary/aromatic N) is 1. The molecule has 1 heterocycles. The average Bonchev–Trinajstić information content (AvgIpc) is 2.25. The van der Waals surface area contributed by atoms with E-state index < -0.39 is 0 Å². The van der Waals surface area contributed by atoms with Crippen LogP contribution in [-0.4, -0.2) is 37.1 Å². The van der Waals surface area contributed by atoms with Crippen LogP contribution in [0.4, 0.5) is 0 Å². The lowest BCUT2D eigenvalue weighted by molar-refractivity contribution is 0.174. The molecule has 2 heteroatoms. The highest BCUT2D eigenvalue weighted by atomic mass is 15.2. The first-order valence-electron chi connectivity index (χ1n) is 6.29. The Bertz CT molecular complexity index is 130. The Morgan fingerprint density at radius 2 is 1.86 bits per heavy atom. The second-order valence-corrected chi connectivity index (χ2v) is 4.48. The van der Waals surface area contributed by atoms with E-state index in [1.54, 1.807) is 0 Å². The van der Waals surface area contributed by atoms with Crippen molar-refractivity contribution in [1.29, 1.82) is 0 Å². The highest BCUT2D eigenvalue weighted by Crippen LogP contribution is 2.10. The fraction of sp³-hybridized carbons (Fsp3) is 1.00. The van der Waals surface area contributed by atoms with Gasteiger partial charge in [-0.25, -0.2) is 0 Å². The molecule has 0 saturated carbocycles. The number of piperazine rings is 1. The molecule has 0 unspecified atom stereocenters. The van der Waals surface area contributed by atoms with Crippen molar-refractivity contribution in [1.82, 2.24) is 10.2 Å². The van der Waals surface area contributed by atoms with Crippen LogP contribution >= 0.6 is 0 Å². The van der Waals surface area contributed by atoms with Gasteiger partial charge in [-0.1, -0.05) is 32.6 Å². The fourth-order valence-corrected chi connectivity index (χ4v) is 2.17. The molecule has 14 heavy (non-hydrogen) atoms. The summed E-state index contributed by atoms with van der Waals surface area (Å²) >= 11 is 0. The van der Waals surface area contributed by atoms with Gasteiger partial charge < -0.3 is 5.32 Å². The minimum Gasteiger partial charge on any atom is -0.314 e. The predicted octanol–water partition coefficient (Wildman–Crippen LogP) is 2.25. The molecule has 1 fully saturated rings. The van der Waals surface area contributed by atoms with Gasteiger partial charge in [0.15, 0.2) is 0 Å². The van der Waals surface area contributed by atoms with Crippen LogP contribution in [0.15, 0.2) is 0 Å². The lowest BCUT2D eigenvalue weighted by atomic mass is 10.1. The maximum atomic E-state index is 3.40. The van der Waals surface area contributed by atoms with Crippen LogP contribution in [0.1, 0.15) is 46.0 Å². The first-order chi connectivity index (χ1) is 6.84. The zero-order valence-corrected chi connectivity index (χ0v) is 9.89. The highest BCUT2D eigenvalue weighted by Gasteiger charge is 2.15. The molecule has 0 aromatic heterocycles. The predicted molar refractivity (Wildman–Crippen MR) is 62.7 cm³/mol. The van der Waals surface area contributed by atoms with Gasteiger partial charge >= 0.3 is 0 Å².